The molecule has 0 spiro atoms. The van der Waals surface area contributed by atoms with Crippen LogP contribution in [0, 0.1) is 27.7 Å². The highest BCUT2D eigenvalue weighted by Gasteiger charge is 2.24. The van der Waals surface area contributed by atoms with Crippen molar-refractivity contribution < 1.29 is 14.3 Å². The molecule has 1 saturated heterocycles. The third-order valence-corrected chi connectivity index (χ3v) is 5.94. The van der Waals surface area contributed by atoms with Gasteiger partial charge in [-0.05, 0) is 74.4 Å². The van der Waals surface area contributed by atoms with Gasteiger partial charge in [0.15, 0.2) is 0 Å². The summed E-state index contributed by atoms with van der Waals surface area (Å²) in [5.41, 5.74) is 6.29. The second kappa shape index (κ2) is 9.90. The lowest BCUT2D eigenvalue weighted by Gasteiger charge is -2.25. The number of amides is 2. The number of hydrogen-bond donors (Lipinski definition) is 1. The van der Waals surface area contributed by atoms with Gasteiger partial charge >= 0.3 is 0 Å². The Bertz CT molecular complexity index is 917. The summed E-state index contributed by atoms with van der Waals surface area (Å²) < 4.78 is 5.73. The standard InChI is InChI=1S/C25H32N2O3/c1-17-10-11-21(13-19(17)3)14-25(29)27(15-22-8-6-12-30-22)16-24(28)26-23-9-5-7-18(2)20(23)4/h5,7,9-11,13,22H,6,8,12,14-16H2,1-4H3,(H,26,28)/t22-/m1/s1. The molecule has 5 nitrogen and oxygen atoms in total. The summed E-state index contributed by atoms with van der Waals surface area (Å²) in [6.45, 7) is 9.30. The molecule has 2 amide bonds. The first-order valence-electron chi connectivity index (χ1n) is 10.6. The SMILES string of the molecule is Cc1ccc(CC(=O)N(CC(=O)Nc2cccc(C)c2C)C[C@H]2CCCO2)cc1C. The number of nitrogens with zero attached hydrogens (tertiary/aromatic N) is 1. The van der Waals surface area contributed by atoms with Crippen molar-refractivity contribution in [1.29, 1.82) is 0 Å². The molecule has 0 bridgehead atoms. The minimum Gasteiger partial charge on any atom is -0.376 e. The van der Waals surface area contributed by atoms with E-state index in [1.807, 2.05) is 57.2 Å². The molecule has 0 radical (unpaired) electrons. The molecule has 1 aliphatic rings. The number of carbonyl (C=O) groups is 2. The number of benzene rings is 2. The Kier molecular flexibility index (Phi) is 7.27. The van der Waals surface area contributed by atoms with E-state index in [-0.39, 0.29) is 30.9 Å². The summed E-state index contributed by atoms with van der Waals surface area (Å²) >= 11 is 0. The van der Waals surface area contributed by atoms with Gasteiger partial charge in [-0.1, -0.05) is 30.3 Å². The van der Waals surface area contributed by atoms with Crippen LogP contribution in [-0.4, -0.2) is 42.5 Å². The molecule has 5 heteroatoms. The van der Waals surface area contributed by atoms with E-state index in [4.69, 9.17) is 4.74 Å². The van der Waals surface area contributed by atoms with Crippen molar-refractivity contribution in [1.82, 2.24) is 4.90 Å². The Balaban J connectivity index is 1.70. The smallest absolute Gasteiger partial charge is 0.244 e. The van der Waals surface area contributed by atoms with Crippen LogP contribution < -0.4 is 5.32 Å². The lowest BCUT2D eigenvalue weighted by atomic mass is 10.0. The molecular formula is C25H32N2O3. The van der Waals surface area contributed by atoms with E-state index in [2.05, 4.69) is 12.2 Å². The molecule has 30 heavy (non-hydrogen) atoms. The number of ether oxygens (including phenoxy) is 1. The number of carbonyl (C=O) groups excluding carboxylic acids is 2. The third-order valence-electron chi connectivity index (χ3n) is 5.94. The highest BCUT2D eigenvalue weighted by atomic mass is 16.5. The zero-order valence-electron chi connectivity index (χ0n) is 18.5. The largest absolute Gasteiger partial charge is 0.376 e. The number of rotatable bonds is 7. The summed E-state index contributed by atoms with van der Waals surface area (Å²) in [6.07, 6.45) is 2.21. The zero-order chi connectivity index (χ0) is 21.7. The molecule has 0 aliphatic carbocycles. The molecule has 0 aromatic heterocycles. The molecule has 1 aliphatic heterocycles. The van der Waals surface area contributed by atoms with Crippen LogP contribution in [-0.2, 0) is 20.7 Å². The fourth-order valence-corrected chi connectivity index (χ4v) is 3.74. The van der Waals surface area contributed by atoms with Crippen LogP contribution >= 0.6 is 0 Å². The van der Waals surface area contributed by atoms with Crippen LogP contribution in [0.5, 0.6) is 0 Å². The highest BCUT2D eigenvalue weighted by molar-refractivity contribution is 5.95. The molecule has 1 heterocycles. The van der Waals surface area contributed by atoms with Gasteiger partial charge in [-0.2, -0.15) is 0 Å². The Hall–Kier alpha value is -2.66. The van der Waals surface area contributed by atoms with Crippen LogP contribution in [0.4, 0.5) is 5.69 Å². The average Bonchev–Trinajstić information content (AvgIpc) is 3.21. The second-order valence-electron chi connectivity index (χ2n) is 8.30. The zero-order valence-corrected chi connectivity index (χ0v) is 18.5. The Morgan fingerprint density at radius 1 is 1.07 bits per heavy atom. The van der Waals surface area contributed by atoms with E-state index in [0.717, 1.165) is 41.8 Å². The van der Waals surface area contributed by atoms with Crippen molar-refractivity contribution in [3.63, 3.8) is 0 Å². The number of anilines is 1. The number of aryl methyl sites for hydroxylation is 3. The maximum atomic E-state index is 13.1. The number of nitrogens with one attached hydrogen (secondary N) is 1. The summed E-state index contributed by atoms with van der Waals surface area (Å²) in [5, 5.41) is 2.97. The molecular weight excluding hydrogens is 376 g/mol. The molecule has 1 N–H and O–H groups in total. The first kappa shape index (κ1) is 22.0. The Morgan fingerprint density at radius 3 is 2.57 bits per heavy atom. The van der Waals surface area contributed by atoms with E-state index in [1.165, 1.54) is 11.1 Å². The van der Waals surface area contributed by atoms with Gasteiger partial charge in [0.25, 0.3) is 0 Å². The predicted octanol–water partition coefficient (Wildman–Crippen LogP) is 4.11. The predicted molar refractivity (Wildman–Crippen MR) is 120 cm³/mol. The van der Waals surface area contributed by atoms with Gasteiger partial charge in [-0.3, -0.25) is 9.59 Å². The first-order chi connectivity index (χ1) is 14.3. The van der Waals surface area contributed by atoms with E-state index < -0.39 is 0 Å². The summed E-state index contributed by atoms with van der Waals surface area (Å²) in [4.78, 5) is 27.5. The first-order valence-corrected chi connectivity index (χ1v) is 10.6. The van der Waals surface area contributed by atoms with Crippen molar-refractivity contribution in [2.45, 2.75) is 53.1 Å². The van der Waals surface area contributed by atoms with Crippen LogP contribution in [0.2, 0.25) is 0 Å². The van der Waals surface area contributed by atoms with E-state index in [1.54, 1.807) is 4.90 Å². The number of hydrogen-bond acceptors (Lipinski definition) is 3. The molecule has 0 saturated carbocycles. The lowest BCUT2D eigenvalue weighted by Crippen LogP contribution is -2.43. The quantitative estimate of drug-likeness (QED) is 0.750. The van der Waals surface area contributed by atoms with Crippen molar-refractivity contribution in [3.8, 4) is 0 Å². The molecule has 3 rings (SSSR count). The molecule has 0 unspecified atom stereocenters. The lowest BCUT2D eigenvalue weighted by molar-refractivity contribution is -0.135. The van der Waals surface area contributed by atoms with Gasteiger partial charge in [-0.25, -0.2) is 0 Å². The van der Waals surface area contributed by atoms with E-state index >= 15 is 0 Å². The van der Waals surface area contributed by atoms with Gasteiger partial charge < -0.3 is 15.0 Å². The second-order valence-corrected chi connectivity index (χ2v) is 8.30. The fraction of sp³-hybridized carbons (Fsp3) is 0.440. The van der Waals surface area contributed by atoms with Crippen molar-refractivity contribution in [3.05, 3.63) is 64.2 Å². The minimum atomic E-state index is -0.185. The van der Waals surface area contributed by atoms with E-state index in [0.29, 0.717) is 6.54 Å². The third kappa shape index (κ3) is 5.70. The van der Waals surface area contributed by atoms with Crippen LogP contribution in [0.3, 0.4) is 0 Å². The minimum absolute atomic E-state index is 0.00205. The van der Waals surface area contributed by atoms with Crippen molar-refractivity contribution >= 4 is 17.5 Å². The van der Waals surface area contributed by atoms with Crippen LogP contribution in [0.15, 0.2) is 36.4 Å². The van der Waals surface area contributed by atoms with Crippen molar-refractivity contribution in [2.75, 3.05) is 25.0 Å². The maximum absolute atomic E-state index is 13.1. The summed E-state index contributed by atoms with van der Waals surface area (Å²) in [6, 6.07) is 11.9. The van der Waals surface area contributed by atoms with Gasteiger partial charge in [0, 0.05) is 18.8 Å². The monoisotopic (exact) mass is 408 g/mol. The van der Waals surface area contributed by atoms with Gasteiger partial charge in [0.1, 0.15) is 0 Å². The topological polar surface area (TPSA) is 58.6 Å². The Morgan fingerprint density at radius 2 is 1.87 bits per heavy atom. The maximum Gasteiger partial charge on any atom is 0.244 e. The fourth-order valence-electron chi connectivity index (χ4n) is 3.74. The molecule has 2 aromatic rings. The molecule has 160 valence electrons. The normalized spacial score (nSPS) is 15.8. The average molecular weight is 409 g/mol. The van der Waals surface area contributed by atoms with E-state index in [9.17, 15) is 9.59 Å². The summed E-state index contributed by atoms with van der Waals surface area (Å²) in [7, 11) is 0. The van der Waals surface area contributed by atoms with Crippen LogP contribution in [0.25, 0.3) is 0 Å². The Labute approximate surface area is 179 Å². The molecule has 2 aromatic carbocycles. The molecule has 1 fully saturated rings. The van der Waals surface area contributed by atoms with Crippen LogP contribution in [0.1, 0.15) is 40.7 Å². The van der Waals surface area contributed by atoms with Gasteiger partial charge in [0.05, 0.1) is 19.1 Å². The van der Waals surface area contributed by atoms with Crippen molar-refractivity contribution in [2.24, 2.45) is 0 Å². The molecule has 1 atom stereocenters. The van der Waals surface area contributed by atoms with Gasteiger partial charge in [-0.15, -0.1) is 0 Å². The van der Waals surface area contributed by atoms with Gasteiger partial charge in [0.2, 0.25) is 11.8 Å². The summed E-state index contributed by atoms with van der Waals surface area (Å²) in [5.74, 6) is -0.236. The highest BCUT2D eigenvalue weighted by Crippen LogP contribution is 2.19.